The van der Waals surface area contributed by atoms with Gasteiger partial charge in [-0.05, 0) is 39.8 Å². The summed E-state index contributed by atoms with van der Waals surface area (Å²) in [7, 11) is 0. The number of aromatic nitrogens is 1. The molecule has 0 aliphatic rings. The Bertz CT molecular complexity index is 1170. The van der Waals surface area contributed by atoms with Gasteiger partial charge in [-0.15, -0.1) is 0 Å². The fourth-order valence-electron chi connectivity index (χ4n) is 3.90. The number of nitrogens with one attached hydrogen (secondary N) is 1. The highest BCUT2D eigenvalue weighted by Crippen LogP contribution is 2.28. The first-order valence-corrected chi connectivity index (χ1v) is 10.0. The first kappa shape index (κ1) is 19.0. The third kappa shape index (κ3) is 4.09. The maximum absolute atomic E-state index is 11.4. The molecule has 3 nitrogen and oxygen atoms in total. The van der Waals surface area contributed by atoms with Crippen LogP contribution in [0.4, 0.5) is 0 Å². The summed E-state index contributed by atoms with van der Waals surface area (Å²) in [6.45, 7) is 4.41. The SMILES string of the molecule is CC(C)c1cccc(-c2cccc(Cc3[nH]c4ccccc4c3CC(=O)O)c2)c1. The minimum Gasteiger partial charge on any atom is -0.481 e. The molecule has 0 saturated carbocycles. The molecule has 0 atom stereocenters. The van der Waals surface area contributed by atoms with Gasteiger partial charge in [0.05, 0.1) is 6.42 Å². The van der Waals surface area contributed by atoms with Crippen molar-refractivity contribution >= 4 is 16.9 Å². The molecule has 2 N–H and O–H groups in total. The average Bonchev–Trinajstić information content (AvgIpc) is 3.05. The predicted molar refractivity (Wildman–Crippen MR) is 118 cm³/mol. The minimum atomic E-state index is -0.810. The van der Waals surface area contributed by atoms with Crippen molar-refractivity contribution in [1.29, 1.82) is 0 Å². The molecule has 0 aliphatic carbocycles. The van der Waals surface area contributed by atoms with Gasteiger partial charge in [-0.25, -0.2) is 0 Å². The first-order chi connectivity index (χ1) is 14.0. The third-order valence-electron chi connectivity index (χ3n) is 5.42. The molecule has 0 amide bonds. The smallest absolute Gasteiger partial charge is 0.307 e. The summed E-state index contributed by atoms with van der Waals surface area (Å²) in [5.74, 6) is -0.321. The summed E-state index contributed by atoms with van der Waals surface area (Å²) < 4.78 is 0. The van der Waals surface area contributed by atoms with Crippen LogP contribution in [0.3, 0.4) is 0 Å². The predicted octanol–water partition coefficient (Wildman–Crippen LogP) is 6.18. The van der Waals surface area contributed by atoms with Crippen LogP contribution >= 0.6 is 0 Å². The number of H-pyrrole nitrogens is 1. The molecule has 3 aromatic carbocycles. The zero-order chi connectivity index (χ0) is 20.4. The van der Waals surface area contributed by atoms with Crippen LogP contribution in [-0.2, 0) is 17.6 Å². The van der Waals surface area contributed by atoms with Crippen LogP contribution in [-0.4, -0.2) is 16.1 Å². The van der Waals surface area contributed by atoms with E-state index in [4.69, 9.17) is 0 Å². The molecule has 146 valence electrons. The number of carbonyl (C=O) groups is 1. The second-order valence-electron chi connectivity index (χ2n) is 7.86. The van der Waals surface area contributed by atoms with Crippen LogP contribution in [0.5, 0.6) is 0 Å². The molecule has 0 aliphatic heterocycles. The summed E-state index contributed by atoms with van der Waals surface area (Å²) in [4.78, 5) is 14.9. The number of carboxylic acids is 1. The maximum Gasteiger partial charge on any atom is 0.307 e. The second kappa shape index (κ2) is 7.96. The summed E-state index contributed by atoms with van der Waals surface area (Å²) >= 11 is 0. The highest BCUT2D eigenvalue weighted by atomic mass is 16.4. The lowest BCUT2D eigenvalue weighted by atomic mass is 9.95. The van der Waals surface area contributed by atoms with Crippen LogP contribution in [0.25, 0.3) is 22.0 Å². The van der Waals surface area contributed by atoms with Crippen molar-refractivity contribution in [3.8, 4) is 11.1 Å². The molecule has 0 spiro atoms. The topological polar surface area (TPSA) is 53.1 Å². The van der Waals surface area contributed by atoms with Gasteiger partial charge < -0.3 is 10.1 Å². The van der Waals surface area contributed by atoms with Crippen LogP contribution in [0, 0.1) is 0 Å². The Morgan fingerprint density at radius 3 is 2.41 bits per heavy atom. The standard InChI is InChI=1S/C26H25NO2/c1-17(2)19-8-6-10-21(15-19)20-9-5-7-18(13-20)14-25-23(16-26(28)29)22-11-3-4-12-24(22)27-25/h3-13,15,17,27H,14,16H2,1-2H3,(H,28,29). The van der Waals surface area contributed by atoms with Gasteiger partial charge in [-0.1, -0.05) is 80.6 Å². The minimum absolute atomic E-state index is 0.0233. The molecule has 0 bridgehead atoms. The lowest BCUT2D eigenvalue weighted by Crippen LogP contribution is -2.03. The zero-order valence-corrected chi connectivity index (χ0v) is 16.8. The lowest BCUT2D eigenvalue weighted by Gasteiger charge is -2.10. The Morgan fingerprint density at radius 1 is 0.931 bits per heavy atom. The second-order valence-corrected chi connectivity index (χ2v) is 7.86. The largest absolute Gasteiger partial charge is 0.481 e. The van der Waals surface area contributed by atoms with Gasteiger partial charge in [0.25, 0.3) is 0 Å². The fourth-order valence-corrected chi connectivity index (χ4v) is 3.90. The molecular weight excluding hydrogens is 358 g/mol. The Kier molecular flexibility index (Phi) is 5.22. The number of rotatable bonds is 6. The van der Waals surface area contributed by atoms with Crippen molar-refractivity contribution in [3.05, 3.63) is 95.2 Å². The van der Waals surface area contributed by atoms with Crippen LogP contribution in [0.15, 0.2) is 72.8 Å². The summed E-state index contributed by atoms with van der Waals surface area (Å²) in [5.41, 5.74) is 7.71. The first-order valence-electron chi connectivity index (χ1n) is 10.0. The van der Waals surface area contributed by atoms with Crippen molar-refractivity contribution < 1.29 is 9.90 Å². The highest BCUT2D eigenvalue weighted by Gasteiger charge is 2.15. The number of hydrogen-bond acceptors (Lipinski definition) is 1. The summed E-state index contributed by atoms with van der Waals surface area (Å²) in [5, 5.41) is 10.4. The highest BCUT2D eigenvalue weighted by molar-refractivity contribution is 5.88. The van der Waals surface area contributed by atoms with E-state index in [0.717, 1.165) is 27.7 Å². The average molecular weight is 383 g/mol. The Balaban J connectivity index is 1.70. The van der Waals surface area contributed by atoms with Crippen molar-refractivity contribution in [2.24, 2.45) is 0 Å². The maximum atomic E-state index is 11.4. The van der Waals surface area contributed by atoms with E-state index in [1.165, 1.54) is 16.7 Å². The number of benzene rings is 3. The van der Waals surface area contributed by atoms with Crippen molar-refractivity contribution in [2.75, 3.05) is 0 Å². The van der Waals surface area contributed by atoms with Gasteiger partial charge in [0.2, 0.25) is 0 Å². The van der Waals surface area contributed by atoms with E-state index >= 15 is 0 Å². The van der Waals surface area contributed by atoms with Gasteiger partial charge in [0, 0.05) is 23.0 Å². The third-order valence-corrected chi connectivity index (χ3v) is 5.42. The number of para-hydroxylation sites is 1. The van der Waals surface area contributed by atoms with Gasteiger partial charge in [0.1, 0.15) is 0 Å². The van der Waals surface area contributed by atoms with E-state index in [0.29, 0.717) is 12.3 Å². The van der Waals surface area contributed by atoms with E-state index in [1.54, 1.807) is 0 Å². The molecule has 4 rings (SSSR count). The number of aliphatic carboxylic acids is 1. The van der Waals surface area contributed by atoms with Gasteiger partial charge >= 0.3 is 5.97 Å². The van der Waals surface area contributed by atoms with Crippen molar-refractivity contribution in [1.82, 2.24) is 4.98 Å². The molecule has 4 aromatic rings. The van der Waals surface area contributed by atoms with Crippen molar-refractivity contribution in [3.63, 3.8) is 0 Å². The molecular formula is C26H25NO2. The number of aromatic amines is 1. The number of carboxylic acid groups (broad SMARTS) is 1. The van der Waals surface area contributed by atoms with E-state index in [-0.39, 0.29) is 6.42 Å². The molecule has 1 aromatic heterocycles. The summed E-state index contributed by atoms with van der Waals surface area (Å²) in [6.07, 6.45) is 0.699. The normalized spacial score (nSPS) is 11.3. The van der Waals surface area contributed by atoms with Gasteiger partial charge in [-0.2, -0.15) is 0 Å². The monoisotopic (exact) mass is 383 g/mol. The Hall–Kier alpha value is -3.33. The molecule has 0 unspecified atom stereocenters. The number of fused-ring (bicyclic) bond motifs is 1. The van der Waals surface area contributed by atoms with Gasteiger partial charge in [0.15, 0.2) is 0 Å². The quantitative estimate of drug-likeness (QED) is 0.418. The van der Waals surface area contributed by atoms with Crippen LogP contribution in [0.2, 0.25) is 0 Å². The lowest BCUT2D eigenvalue weighted by molar-refractivity contribution is -0.136. The number of hydrogen-bond donors (Lipinski definition) is 2. The molecule has 0 radical (unpaired) electrons. The van der Waals surface area contributed by atoms with E-state index in [1.807, 2.05) is 24.3 Å². The van der Waals surface area contributed by atoms with Gasteiger partial charge in [-0.3, -0.25) is 4.79 Å². The molecule has 0 saturated heterocycles. The molecule has 0 fully saturated rings. The molecule has 29 heavy (non-hydrogen) atoms. The van der Waals surface area contributed by atoms with Crippen molar-refractivity contribution in [2.45, 2.75) is 32.6 Å². The Labute approximate surface area is 171 Å². The Morgan fingerprint density at radius 2 is 1.66 bits per heavy atom. The van der Waals surface area contributed by atoms with E-state index in [2.05, 4.69) is 67.4 Å². The van der Waals surface area contributed by atoms with Crippen LogP contribution < -0.4 is 0 Å². The zero-order valence-electron chi connectivity index (χ0n) is 16.8. The molecule has 1 heterocycles. The fraction of sp³-hybridized carbons (Fsp3) is 0.192. The summed E-state index contributed by atoms with van der Waals surface area (Å²) in [6, 6.07) is 25.1. The van der Waals surface area contributed by atoms with E-state index in [9.17, 15) is 9.90 Å². The molecule has 3 heteroatoms. The van der Waals surface area contributed by atoms with E-state index < -0.39 is 5.97 Å². The van der Waals surface area contributed by atoms with Crippen LogP contribution in [0.1, 0.15) is 42.1 Å².